The van der Waals surface area contributed by atoms with Gasteiger partial charge in [-0.3, -0.25) is 9.52 Å². The van der Waals surface area contributed by atoms with Crippen molar-refractivity contribution >= 4 is 33.3 Å². The van der Waals surface area contributed by atoms with Gasteiger partial charge in [-0.25, -0.2) is 9.78 Å². The van der Waals surface area contributed by atoms with Gasteiger partial charge in [0.25, 0.3) is 15.9 Å². The standard InChI is InChI=1S/C28H33F3N6O6S/c1-17-12-37(18(2)15-38)26(39)22-11-21(34-44(41,42)25-14-35(3)16-32-25)9-10-23(22)43-24(17)13-36(4)27(40)33-20-7-5-19(6-8-20)28(29,30)31/h5-11,14,16-18,24,34,38H,12-13,15H2,1-4H3,(H,33,40)/t17-,18+,24-/m1/s1. The van der Waals surface area contributed by atoms with E-state index in [4.69, 9.17) is 4.74 Å². The predicted octanol–water partition coefficient (Wildman–Crippen LogP) is 3.62. The minimum Gasteiger partial charge on any atom is -0.487 e. The zero-order valence-corrected chi connectivity index (χ0v) is 25.2. The number of likely N-dealkylation sites (N-methyl/N-ethyl adjacent to an activating group) is 1. The lowest BCUT2D eigenvalue weighted by molar-refractivity contribution is -0.137. The number of urea groups is 1. The third kappa shape index (κ3) is 7.42. The number of anilines is 2. The monoisotopic (exact) mass is 638 g/mol. The molecule has 12 nitrogen and oxygen atoms in total. The van der Waals surface area contributed by atoms with Crippen LogP contribution in [0.3, 0.4) is 0 Å². The number of carbonyl (C=O) groups is 2. The summed E-state index contributed by atoms with van der Waals surface area (Å²) in [7, 11) is -0.950. The number of amides is 3. The average molecular weight is 639 g/mol. The van der Waals surface area contributed by atoms with Gasteiger partial charge in [-0.05, 0) is 49.4 Å². The van der Waals surface area contributed by atoms with Gasteiger partial charge in [-0.15, -0.1) is 0 Å². The predicted molar refractivity (Wildman–Crippen MR) is 155 cm³/mol. The Bertz CT molecular complexity index is 1610. The van der Waals surface area contributed by atoms with Crippen molar-refractivity contribution in [2.45, 2.75) is 37.2 Å². The van der Waals surface area contributed by atoms with Gasteiger partial charge in [0.2, 0.25) is 0 Å². The molecule has 0 fully saturated rings. The van der Waals surface area contributed by atoms with Crippen molar-refractivity contribution in [3.8, 4) is 5.75 Å². The fourth-order valence-electron chi connectivity index (χ4n) is 4.55. The number of sulfonamides is 1. The molecule has 0 radical (unpaired) electrons. The molecule has 1 aliphatic rings. The number of fused-ring (bicyclic) bond motifs is 1. The van der Waals surface area contributed by atoms with E-state index in [1.165, 1.54) is 52.1 Å². The van der Waals surface area contributed by atoms with Gasteiger partial charge in [0, 0.05) is 44.1 Å². The van der Waals surface area contributed by atoms with Crippen molar-refractivity contribution in [1.29, 1.82) is 0 Å². The molecule has 238 valence electrons. The molecule has 3 N–H and O–H groups in total. The second kappa shape index (κ2) is 12.7. The number of rotatable bonds is 8. The molecule has 1 aromatic heterocycles. The van der Waals surface area contributed by atoms with Gasteiger partial charge in [0.15, 0.2) is 5.03 Å². The van der Waals surface area contributed by atoms with Crippen LogP contribution >= 0.6 is 0 Å². The number of hydrogen-bond acceptors (Lipinski definition) is 7. The number of halogens is 3. The maximum absolute atomic E-state index is 13.6. The maximum Gasteiger partial charge on any atom is 0.416 e. The molecule has 16 heteroatoms. The quantitative estimate of drug-likeness (QED) is 0.342. The van der Waals surface area contributed by atoms with Gasteiger partial charge in [0.05, 0.1) is 36.6 Å². The topological polar surface area (TPSA) is 146 Å². The second-order valence-electron chi connectivity index (χ2n) is 10.7. The molecule has 3 aromatic rings. The number of imidazole rings is 1. The fraction of sp³-hybridized carbons (Fsp3) is 0.393. The summed E-state index contributed by atoms with van der Waals surface area (Å²) in [5.41, 5.74) is -0.550. The van der Waals surface area contributed by atoms with Crippen molar-refractivity contribution in [3.63, 3.8) is 0 Å². The smallest absolute Gasteiger partial charge is 0.416 e. The summed E-state index contributed by atoms with van der Waals surface area (Å²) in [6, 6.07) is 7.05. The molecule has 3 amide bonds. The van der Waals surface area contributed by atoms with Crippen LogP contribution in [0.1, 0.15) is 29.8 Å². The first-order valence-corrected chi connectivity index (χ1v) is 15.0. The number of ether oxygens (including phenoxy) is 1. The zero-order chi connectivity index (χ0) is 32.4. The van der Waals surface area contributed by atoms with Crippen LogP contribution in [0.4, 0.5) is 29.3 Å². The van der Waals surface area contributed by atoms with E-state index in [1.807, 2.05) is 6.92 Å². The van der Waals surface area contributed by atoms with Crippen LogP contribution in [0.25, 0.3) is 0 Å². The van der Waals surface area contributed by atoms with Gasteiger partial charge in [-0.2, -0.15) is 21.6 Å². The Labute approximate surface area is 252 Å². The van der Waals surface area contributed by atoms with Crippen LogP contribution in [0, 0.1) is 5.92 Å². The van der Waals surface area contributed by atoms with E-state index in [-0.39, 0.29) is 53.3 Å². The van der Waals surface area contributed by atoms with Gasteiger partial charge in [0.1, 0.15) is 11.9 Å². The Morgan fingerprint density at radius 2 is 1.86 bits per heavy atom. The number of nitrogens with zero attached hydrogens (tertiary/aromatic N) is 4. The molecule has 0 aliphatic carbocycles. The fourth-order valence-corrected chi connectivity index (χ4v) is 5.59. The Morgan fingerprint density at radius 1 is 1.20 bits per heavy atom. The first-order valence-electron chi connectivity index (χ1n) is 13.5. The average Bonchev–Trinajstić information content (AvgIpc) is 3.41. The molecule has 44 heavy (non-hydrogen) atoms. The molecule has 0 spiro atoms. The zero-order valence-electron chi connectivity index (χ0n) is 24.4. The van der Waals surface area contributed by atoms with Crippen molar-refractivity contribution in [1.82, 2.24) is 19.4 Å². The summed E-state index contributed by atoms with van der Waals surface area (Å²) in [4.78, 5) is 33.2. The highest BCUT2D eigenvalue weighted by Gasteiger charge is 2.35. The number of nitrogens with one attached hydrogen (secondary N) is 2. The van der Waals surface area contributed by atoms with Crippen LogP contribution in [0.15, 0.2) is 60.0 Å². The van der Waals surface area contributed by atoms with E-state index < -0.39 is 45.8 Å². The van der Waals surface area contributed by atoms with Crippen LogP contribution in [-0.2, 0) is 23.2 Å². The largest absolute Gasteiger partial charge is 0.487 e. The molecule has 0 saturated carbocycles. The molecular formula is C28H33F3N6O6S. The highest BCUT2D eigenvalue weighted by molar-refractivity contribution is 7.92. The SMILES string of the molecule is C[C@@H]1CN([C@@H](C)CO)C(=O)c2cc(NS(=O)(=O)c3cn(C)cn3)ccc2O[C@@H]1CN(C)C(=O)Nc1ccc(C(F)(F)F)cc1. The summed E-state index contributed by atoms with van der Waals surface area (Å²) in [5.74, 6) is -0.692. The van der Waals surface area contributed by atoms with Crippen LogP contribution in [0.5, 0.6) is 5.75 Å². The molecule has 0 unspecified atom stereocenters. The van der Waals surface area contributed by atoms with Crippen molar-refractivity contribution in [2.24, 2.45) is 13.0 Å². The minimum absolute atomic E-state index is 0.0245. The first-order chi connectivity index (χ1) is 20.6. The number of aliphatic hydroxyl groups is 1. The van der Waals surface area contributed by atoms with Gasteiger partial charge in [-0.1, -0.05) is 6.92 Å². The van der Waals surface area contributed by atoms with Crippen LogP contribution in [0.2, 0.25) is 0 Å². The van der Waals surface area contributed by atoms with Crippen molar-refractivity contribution in [2.75, 3.05) is 36.8 Å². The van der Waals surface area contributed by atoms with Gasteiger partial charge >= 0.3 is 12.2 Å². The molecule has 4 rings (SSSR count). The van der Waals surface area contributed by atoms with Crippen molar-refractivity contribution in [3.05, 3.63) is 66.1 Å². The van der Waals surface area contributed by atoms with Crippen molar-refractivity contribution < 1.29 is 41.0 Å². The van der Waals surface area contributed by atoms with E-state index >= 15 is 0 Å². The number of benzene rings is 2. The van der Waals surface area contributed by atoms with E-state index in [1.54, 1.807) is 14.0 Å². The van der Waals surface area contributed by atoms with E-state index in [9.17, 15) is 36.3 Å². The third-order valence-electron chi connectivity index (χ3n) is 7.14. The summed E-state index contributed by atoms with van der Waals surface area (Å²) in [6.45, 7) is 3.32. The molecule has 2 aromatic carbocycles. The van der Waals surface area contributed by atoms with E-state index in [2.05, 4.69) is 15.0 Å². The summed E-state index contributed by atoms with van der Waals surface area (Å²) < 4.78 is 74.4. The summed E-state index contributed by atoms with van der Waals surface area (Å²) in [6.07, 6.45) is -2.52. The number of aliphatic hydroxyl groups excluding tert-OH is 1. The number of aromatic nitrogens is 2. The number of carbonyl (C=O) groups excluding carboxylic acids is 2. The first kappa shape index (κ1) is 32.6. The number of aryl methyl sites for hydroxylation is 1. The normalized spacial score (nSPS) is 18.0. The minimum atomic E-state index is -4.51. The molecule has 0 saturated heterocycles. The summed E-state index contributed by atoms with van der Waals surface area (Å²) in [5, 5.41) is 12.2. The lowest BCUT2D eigenvalue weighted by Gasteiger charge is -2.38. The third-order valence-corrected chi connectivity index (χ3v) is 8.40. The summed E-state index contributed by atoms with van der Waals surface area (Å²) >= 11 is 0. The number of hydrogen-bond donors (Lipinski definition) is 3. The number of alkyl halides is 3. The molecule has 3 atom stereocenters. The molecule has 1 aliphatic heterocycles. The second-order valence-corrected chi connectivity index (χ2v) is 12.3. The molecule has 2 heterocycles. The lowest BCUT2D eigenvalue weighted by Crippen LogP contribution is -2.50. The van der Waals surface area contributed by atoms with Gasteiger partial charge < -0.3 is 29.5 Å². The molecule has 0 bridgehead atoms. The maximum atomic E-state index is 13.6. The Balaban J connectivity index is 1.57. The lowest BCUT2D eigenvalue weighted by atomic mass is 9.99. The highest BCUT2D eigenvalue weighted by atomic mass is 32.2. The molecular weight excluding hydrogens is 605 g/mol. The van der Waals surface area contributed by atoms with Crippen LogP contribution < -0.4 is 14.8 Å². The van der Waals surface area contributed by atoms with E-state index in [0.717, 1.165) is 24.3 Å². The van der Waals surface area contributed by atoms with E-state index in [0.29, 0.717) is 0 Å². The Morgan fingerprint density at radius 3 is 2.45 bits per heavy atom. The Hall–Kier alpha value is -4.31. The van der Waals surface area contributed by atoms with Crippen LogP contribution in [-0.4, -0.2) is 83.7 Å². The Kier molecular flexibility index (Phi) is 9.44. The highest BCUT2D eigenvalue weighted by Crippen LogP contribution is 2.32.